The molecule has 0 unspecified atom stereocenters. The van der Waals surface area contributed by atoms with Gasteiger partial charge in [0.15, 0.2) is 11.0 Å². The second-order valence-corrected chi connectivity index (χ2v) is 9.20. The zero-order valence-corrected chi connectivity index (χ0v) is 19.1. The molecule has 2 aromatic carbocycles. The van der Waals surface area contributed by atoms with E-state index < -0.39 is 0 Å². The van der Waals surface area contributed by atoms with Crippen LogP contribution in [0.15, 0.2) is 58.5 Å². The number of rotatable bonds is 3. The van der Waals surface area contributed by atoms with E-state index in [0.29, 0.717) is 6.61 Å². The molecule has 5 nitrogen and oxygen atoms in total. The Kier molecular flexibility index (Phi) is 5.64. The molecule has 0 aliphatic carbocycles. The second kappa shape index (κ2) is 8.08. The average Bonchev–Trinajstić information content (AvgIpc) is 3.01. The first kappa shape index (κ1) is 20.9. The molecule has 2 aliphatic rings. The van der Waals surface area contributed by atoms with Crippen molar-refractivity contribution in [2.45, 2.75) is 44.8 Å². The molecular formula is C24H29N3O2S. The van der Waals surface area contributed by atoms with Crippen molar-refractivity contribution >= 4 is 34.1 Å². The highest BCUT2D eigenvalue weighted by Gasteiger charge is 2.54. The first-order valence-corrected chi connectivity index (χ1v) is 11.5. The van der Waals surface area contributed by atoms with E-state index in [1.165, 1.54) is 0 Å². The minimum absolute atomic E-state index is 0.273. The van der Waals surface area contributed by atoms with Gasteiger partial charge >= 0.3 is 0 Å². The minimum atomic E-state index is -0.366. The van der Waals surface area contributed by atoms with Crippen molar-refractivity contribution in [3.63, 3.8) is 0 Å². The van der Waals surface area contributed by atoms with Crippen LogP contribution in [-0.2, 0) is 4.74 Å². The third-order valence-corrected chi connectivity index (χ3v) is 6.44. The van der Waals surface area contributed by atoms with Gasteiger partial charge in [-0.25, -0.2) is 9.98 Å². The lowest BCUT2D eigenvalue weighted by Gasteiger charge is -2.47. The number of anilines is 1. The van der Waals surface area contributed by atoms with Gasteiger partial charge in [0, 0.05) is 31.2 Å². The van der Waals surface area contributed by atoms with Crippen molar-refractivity contribution in [1.82, 2.24) is 0 Å². The van der Waals surface area contributed by atoms with Crippen LogP contribution in [0.2, 0.25) is 0 Å². The number of thioether (sulfide) groups is 1. The number of benzene rings is 2. The topological polar surface area (TPSA) is 46.4 Å². The van der Waals surface area contributed by atoms with Gasteiger partial charge in [-0.2, -0.15) is 0 Å². The number of amidine groups is 2. The largest absolute Gasteiger partial charge is 0.497 e. The fourth-order valence-corrected chi connectivity index (χ4v) is 5.07. The van der Waals surface area contributed by atoms with Crippen LogP contribution in [0.1, 0.15) is 32.3 Å². The number of aliphatic imine (C=N–C) groups is 2. The Bertz CT molecular complexity index is 1000. The summed E-state index contributed by atoms with van der Waals surface area (Å²) >= 11 is 1.65. The quantitative estimate of drug-likeness (QED) is 0.645. The summed E-state index contributed by atoms with van der Waals surface area (Å²) in [5.41, 5.74) is 2.54. The highest BCUT2D eigenvalue weighted by atomic mass is 32.2. The number of para-hydroxylation sites is 1. The molecule has 0 aromatic heterocycles. The normalized spacial score (nSPS) is 24.4. The molecule has 0 saturated carbocycles. The molecule has 6 heteroatoms. The molecule has 1 saturated heterocycles. The number of aryl methyl sites for hydroxylation is 1. The molecule has 1 atom stereocenters. The first-order chi connectivity index (χ1) is 14.4. The third kappa shape index (κ3) is 3.74. The molecule has 2 heterocycles. The summed E-state index contributed by atoms with van der Waals surface area (Å²) in [5, 5.41) is 0.952. The van der Waals surface area contributed by atoms with Crippen LogP contribution in [0.3, 0.4) is 0 Å². The van der Waals surface area contributed by atoms with Crippen LogP contribution in [0.25, 0.3) is 0 Å². The number of ether oxygens (including phenoxy) is 2. The molecule has 1 fully saturated rings. The molecule has 2 aliphatic heterocycles. The van der Waals surface area contributed by atoms with E-state index in [1.807, 2.05) is 24.3 Å². The summed E-state index contributed by atoms with van der Waals surface area (Å²) in [5.74, 6) is 1.69. The summed E-state index contributed by atoms with van der Waals surface area (Å²) in [6.07, 6.45) is 3.70. The van der Waals surface area contributed by atoms with Gasteiger partial charge in [-0.15, -0.1) is 0 Å². The van der Waals surface area contributed by atoms with Gasteiger partial charge in [-0.1, -0.05) is 36.0 Å². The van der Waals surface area contributed by atoms with Crippen molar-refractivity contribution in [3.8, 4) is 5.75 Å². The standard InChI is InChI=1S/C24H29N3O2S/c1-17-9-6-7-12-20(17)25-21-24(13-14-29-23(2,3)16-24)27(22(26-21)30-5)18-10-8-11-19(15-18)28-4/h6-12,15H,13-14,16H2,1-5H3/t24-/m1/s1. The van der Waals surface area contributed by atoms with Gasteiger partial charge in [0.05, 0.1) is 18.4 Å². The van der Waals surface area contributed by atoms with E-state index in [-0.39, 0.29) is 11.1 Å². The zero-order valence-electron chi connectivity index (χ0n) is 18.3. The van der Waals surface area contributed by atoms with E-state index in [1.54, 1.807) is 18.9 Å². The Balaban J connectivity index is 1.90. The van der Waals surface area contributed by atoms with Gasteiger partial charge in [0.25, 0.3) is 0 Å². The van der Waals surface area contributed by atoms with Crippen LogP contribution in [-0.4, -0.2) is 42.1 Å². The fourth-order valence-electron chi connectivity index (χ4n) is 4.43. The van der Waals surface area contributed by atoms with Crippen molar-refractivity contribution < 1.29 is 9.47 Å². The minimum Gasteiger partial charge on any atom is -0.497 e. The van der Waals surface area contributed by atoms with Crippen LogP contribution in [0, 0.1) is 6.92 Å². The predicted octanol–water partition coefficient (Wildman–Crippen LogP) is 5.60. The van der Waals surface area contributed by atoms with E-state index in [2.05, 4.69) is 56.2 Å². The zero-order chi connectivity index (χ0) is 21.4. The summed E-state index contributed by atoms with van der Waals surface area (Å²) in [7, 11) is 1.70. The smallest absolute Gasteiger partial charge is 0.170 e. The van der Waals surface area contributed by atoms with Crippen molar-refractivity contribution in [2.24, 2.45) is 9.98 Å². The van der Waals surface area contributed by atoms with E-state index in [9.17, 15) is 0 Å². The number of nitrogens with zero attached hydrogens (tertiary/aromatic N) is 3. The summed E-state index contributed by atoms with van der Waals surface area (Å²) in [6, 6.07) is 16.4. The Labute approximate surface area is 183 Å². The molecule has 0 radical (unpaired) electrons. The Morgan fingerprint density at radius 3 is 2.67 bits per heavy atom. The number of hydrogen-bond acceptors (Lipinski definition) is 5. The molecule has 2 aromatic rings. The van der Waals surface area contributed by atoms with Crippen LogP contribution < -0.4 is 9.64 Å². The molecule has 4 rings (SSSR count). The van der Waals surface area contributed by atoms with E-state index in [0.717, 1.165) is 46.5 Å². The van der Waals surface area contributed by atoms with Crippen molar-refractivity contribution in [3.05, 3.63) is 54.1 Å². The molecule has 30 heavy (non-hydrogen) atoms. The van der Waals surface area contributed by atoms with Crippen LogP contribution >= 0.6 is 11.8 Å². The highest BCUT2D eigenvalue weighted by molar-refractivity contribution is 8.13. The van der Waals surface area contributed by atoms with E-state index >= 15 is 0 Å². The first-order valence-electron chi connectivity index (χ1n) is 10.2. The van der Waals surface area contributed by atoms with Gasteiger partial charge in [0.2, 0.25) is 0 Å². The lowest BCUT2D eigenvalue weighted by Crippen LogP contribution is -2.59. The van der Waals surface area contributed by atoms with Crippen molar-refractivity contribution in [2.75, 3.05) is 24.9 Å². The van der Waals surface area contributed by atoms with Gasteiger partial charge in [0.1, 0.15) is 11.3 Å². The van der Waals surface area contributed by atoms with Gasteiger partial charge in [-0.3, -0.25) is 0 Å². The predicted molar refractivity (Wildman–Crippen MR) is 127 cm³/mol. The molecule has 0 bridgehead atoms. The van der Waals surface area contributed by atoms with Crippen molar-refractivity contribution in [1.29, 1.82) is 0 Å². The Hall–Kier alpha value is -2.31. The monoisotopic (exact) mass is 423 g/mol. The summed E-state index contributed by atoms with van der Waals surface area (Å²) in [4.78, 5) is 12.5. The van der Waals surface area contributed by atoms with E-state index in [4.69, 9.17) is 19.5 Å². The summed E-state index contributed by atoms with van der Waals surface area (Å²) < 4.78 is 11.6. The molecule has 158 valence electrons. The Morgan fingerprint density at radius 1 is 1.17 bits per heavy atom. The van der Waals surface area contributed by atoms with Crippen LogP contribution in [0.4, 0.5) is 11.4 Å². The highest BCUT2D eigenvalue weighted by Crippen LogP contribution is 2.46. The average molecular weight is 424 g/mol. The second-order valence-electron chi connectivity index (χ2n) is 8.42. The maximum absolute atomic E-state index is 6.11. The Morgan fingerprint density at radius 2 is 1.97 bits per heavy atom. The summed E-state index contributed by atoms with van der Waals surface area (Å²) in [6.45, 7) is 7.06. The van der Waals surface area contributed by atoms with Gasteiger partial charge in [-0.05, 0) is 50.8 Å². The maximum Gasteiger partial charge on any atom is 0.170 e. The fraction of sp³-hybridized carbons (Fsp3) is 0.417. The lowest BCUT2D eigenvalue weighted by atomic mass is 9.79. The molecular weight excluding hydrogens is 394 g/mol. The number of methoxy groups -OCH3 is 1. The SMILES string of the molecule is COc1cccc(N2C(SC)=NC(=Nc3ccccc3C)[C@]23CCOC(C)(C)C3)c1. The lowest BCUT2D eigenvalue weighted by molar-refractivity contribution is -0.0663. The van der Waals surface area contributed by atoms with Crippen LogP contribution in [0.5, 0.6) is 5.75 Å². The number of hydrogen-bond donors (Lipinski definition) is 0. The van der Waals surface area contributed by atoms with Gasteiger partial charge < -0.3 is 14.4 Å². The third-order valence-electron chi connectivity index (χ3n) is 5.80. The molecule has 1 spiro atoms. The maximum atomic E-state index is 6.11. The molecule has 0 amide bonds. The molecule has 0 N–H and O–H groups in total.